The molecular weight excluding hydrogens is 248 g/mol. The van der Waals surface area contributed by atoms with Gasteiger partial charge in [0.15, 0.2) is 0 Å². The molecule has 0 heterocycles. The van der Waals surface area contributed by atoms with Crippen molar-refractivity contribution in [2.75, 3.05) is 19.1 Å². The lowest BCUT2D eigenvalue weighted by atomic mass is 9.90. The molecule has 0 saturated heterocycles. The zero-order valence-corrected chi connectivity index (χ0v) is 11.8. The molecule has 0 spiro atoms. The summed E-state index contributed by atoms with van der Waals surface area (Å²) in [4.78, 5) is 2.22. The third-order valence-corrected chi connectivity index (χ3v) is 4.04. The molecule has 0 aliphatic heterocycles. The normalized spacial score (nSPS) is 23.8. The molecule has 1 aliphatic rings. The highest BCUT2D eigenvalue weighted by molar-refractivity contribution is 6.30. The Hall–Kier alpha value is -0.930. The maximum absolute atomic E-state index is 6.23. The van der Waals surface area contributed by atoms with Crippen LogP contribution in [0.15, 0.2) is 18.2 Å². The van der Waals surface area contributed by atoms with Crippen molar-refractivity contribution in [1.82, 2.24) is 0 Å². The van der Waals surface area contributed by atoms with Crippen LogP contribution in [-0.2, 0) is 0 Å². The Kier molecular flexibility index (Phi) is 4.36. The van der Waals surface area contributed by atoms with Crippen LogP contribution in [0.1, 0.15) is 25.7 Å². The Balaban J connectivity index is 2.26. The number of hydrogen-bond donors (Lipinski definition) is 1. The van der Waals surface area contributed by atoms with Crippen LogP contribution < -0.4 is 15.4 Å². The van der Waals surface area contributed by atoms with Crippen molar-refractivity contribution in [1.29, 1.82) is 0 Å². The smallest absolute Gasteiger partial charge is 0.142 e. The zero-order valence-electron chi connectivity index (χ0n) is 11.0. The molecule has 0 aromatic heterocycles. The third-order valence-electron chi connectivity index (χ3n) is 3.80. The predicted octanol–water partition coefficient (Wildman–Crippen LogP) is 3.05. The van der Waals surface area contributed by atoms with Gasteiger partial charge in [0.1, 0.15) is 5.75 Å². The summed E-state index contributed by atoms with van der Waals surface area (Å²) in [6, 6.07) is 6.29. The van der Waals surface area contributed by atoms with Gasteiger partial charge in [-0.05, 0) is 31.0 Å². The van der Waals surface area contributed by atoms with E-state index in [1.165, 1.54) is 12.8 Å². The maximum atomic E-state index is 6.23. The molecule has 4 heteroatoms. The quantitative estimate of drug-likeness (QED) is 0.916. The van der Waals surface area contributed by atoms with E-state index in [-0.39, 0.29) is 6.04 Å². The number of anilines is 1. The van der Waals surface area contributed by atoms with Crippen LogP contribution in [0.3, 0.4) is 0 Å². The van der Waals surface area contributed by atoms with E-state index in [1.54, 1.807) is 7.11 Å². The minimum absolute atomic E-state index is 0.229. The highest BCUT2D eigenvalue weighted by Gasteiger charge is 2.27. The molecule has 2 atom stereocenters. The van der Waals surface area contributed by atoms with Crippen LogP contribution in [0, 0.1) is 0 Å². The van der Waals surface area contributed by atoms with Crippen molar-refractivity contribution in [3.8, 4) is 5.75 Å². The number of halogens is 1. The Morgan fingerprint density at radius 3 is 2.72 bits per heavy atom. The number of rotatable bonds is 3. The molecule has 0 radical (unpaired) electrons. The number of nitrogens with zero attached hydrogens (tertiary/aromatic N) is 1. The summed E-state index contributed by atoms with van der Waals surface area (Å²) in [6.45, 7) is 0. The van der Waals surface area contributed by atoms with Gasteiger partial charge < -0.3 is 15.4 Å². The van der Waals surface area contributed by atoms with Crippen LogP contribution in [0.5, 0.6) is 5.75 Å². The Bertz CT molecular complexity index is 411. The van der Waals surface area contributed by atoms with Crippen molar-refractivity contribution < 1.29 is 4.74 Å². The molecule has 1 aliphatic carbocycles. The van der Waals surface area contributed by atoms with Crippen molar-refractivity contribution in [3.05, 3.63) is 23.2 Å². The van der Waals surface area contributed by atoms with E-state index in [1.807, 2.05) is 18.2 Å². The Morgan fingerprint density at radius 2 is 2.06 bits per heavy atom. The lowest BCUT2D eigenvalue weighted by Gasteiger charge is -2.38. The van der Waals surface area contributed by atoms with Crippen LogP contribution in [0.25, 0.3) is 0 Å². The second-order valence-electron chi connectivity index (χ2n) is 4.94. The molecule has 1 saturated carbocycles. The maximum Gasteiger partial charge on any atom is 0.142 e. The van der Waals surface area contributed by atoms with E-state index < -0.39 is 0 Å². The largest absolute Gasteiger partial charge is 0.495 e. The average molecular weight is 269 g/mol. The summed E-state index contributed by atoms with van der Waals surface area (Å²) in [5, 5.41) is 0.724. The number of likely N-dealkylation sites (N-methyl/N-ethyl adjacent to an activating group) is 1. The standard InChI is InChI=1S/C14H21ClN2O/c1-17(12-6-4-3-5-11(12)16)13-9-10(15)7-8-14(13)18-2/h7-9,11-12H,3-6,16H2,1-2H3. The van der Waals surface area contributed by atoms with E-state index >= 15 is 0 Å². The van der Waals surface area contributed by atoms with Gasteiger partial charge >= 0.3 is 0 Å². The van der Waals surface area contributed by atoms with Crippen molar-refractivity contribution in [2.24, 2.45) is 5.73 Å². The highest BCUT2D eigenvalue weighted by atomic mass is 35.5. The van der Waals surface area contributed by atoms with Gasteiger partial charge in [0.25, 0.3) is 0 Å². The average Bonchev–Trinajstić information content (AvgIpc) is 2.38. The first-order chi connectivity index (χ1) is 8.63. The van der Waals surface area contributed by atoms with Crippen molar-refractivity contribution in [2.45, 2.75) is 37.8 Å². The first-order valence-corrected chi connectivity index (χ1v) is 6.83. The fraction of sp³-hybridized carbons (Fsp3) is 0.571. The van der Waals surface area contributed by atoms with E-state index in [4.69, 9.17) is 22.1 Å². The van der Waals surface area contributed by atoms with Gasteiger partial charge in [0, 0.05) is 24.2 Å². The molecule has 1 aromatic carbocycles. The monoisotopic (exact) mass is 268 g/mol. The lowest BCUT2D eigenvalue weighted by molar-refractivity contribution is 0.367. The number of nitrogens with two attached hydrogens (primary N) is 1. The summed E-state index contributed by atoms with van der Waals surface area (Å²) in [5.41, 5.74) is 7.25. The molecule has 1 fully saturated rings. The summed E-state index contributed by atoms with van der Waals surface area (Å²) >= 11 is 6.08. The molecule has 2 N–H and O–H groups in total. The molecule has 2 rings (SSSR count). The Labute approximate surface area is 114 Å². The fourth-order valence-corrected chi connectivity index (χ4v) is 2.90. The second kappa shape index (κ2) is 5.81. The van der Waals surface area contributed by atoms with Gasteiger partial charge in [-0.25, -0.2) is 0 Å². The molecule has 18 heavy (non-hydrogen) atoms. The van der Waals surface area contributed by atoms with Crippen LogP contribution in [0.2, 0.25) is 5.02 Å². The fourth-order valence-electron chi connectivity index (χ4n) is 2.74. The van der Waals surface area contributed by atoms with Gasteiger partial charge in [0.05, 0.1) is 12.8 Å². The van der Waals surface area contributed by atoms with Gasteiger partial charge in [-0.15, -0.1) is 0 Å². The molecule has 2 unspecified atom stereocenters. The second-order valence-corrected chi connectivity index (χ2v) is 5.38. The topological polar surface area (TPSA) is 38.5 Å². The van der Waals surface area contributed by atoms with E-state index in [9.17, 15) is 0 Å². The van der Waals surface area contributed by atoms with Gasteiger partial charge in [0.2, 0.25) is 0 Å². The zero-order chi connectivity index (χ0) is 13.1. The summed E-state index contributed by atoms with van der Waals surface area (Å²) in [7, 11) is 3.76. The molecule has 0 bridgehead atoms. The first kappa shape index (κ1) is 13.5. The molecule has 1 aromatic rings. The van der Waals surface area contributed by atoms with Crippen molar-refractivity contribution >= 4 is 17.3 Å². The van der Waals surface area contributed by atoms with Crippen LogP contribution in [-0.4, -0.2) is 26.2 Å². The lowest BCUT2D eigenvalue weighted by Crippen LogP contribution is -2.48. The van der Waals surface area contributed by atoms with Crippen molar-refractivity contribution in [3.63, 3.8) is 0 Å². The van der Waals surface area contributed by atoms with Crippen LogP contribution in [0.4, 0.5) is 5.69 Å². The summed E-state index contributed by atoms with van der Waals surface area (Å²) in [5.74, 6) is 0.847. The van der Waals surface area contributed by atoms with E-state index in [0.717, 1.165) is 29.3 Å². The molecule has 0 amide bonds. The number of ether oxygens (including phenoxy) is 1. The van der Waals surface area contributed by atoms with E-state index in [0.29, 0.717) is 6.04 Å². The van der Waals surface area contributed by atoms with Gasteiger partial charge in [-0.3, -0.25) is 0 Å². The number of methoxy groups -OCH3 is 1. The molecule has 3 nitrogen and oxygen atoms in total. The SMILES string of the molecule is COc1ccc(Cl)cc1N(C)C1CCCCC1N. The van der Waals surface area contributed by atoms with E-state index in [2.05, 4.69) is 11.9 Å². The Morgan fingerprint density at radius 1 is 1.33 bits per heavy atom. The van der Waals surface area contributed by atoms with Crippen LogP contribution >= 0.6 is 11.6 Å². The third kappa shape index (κ3) is 2.73. The predicted molar refractivity (Wildman–Crippen MR) is 76.6 cm³/mol. The number of hydrogen-bond acceptors (Lipinski definition) is 3. The first-order valence-electron chi connectivity index (χ1n) is 6.45. The minimum atomic E-state index is 0.229. The summed E-state index contributed by atoms with van der Waals surface area (Å²) < 4.78 is 5.41. The molecular formula is C14H21ClN2O. The summed E-state index contributed by atoms with van der Waals surface area (Å²) in [6.07, 6.45) is 4.70. The minimum Gasteiger partial charge on any atom is -0.495 e. The van der Waals surface area contributed by atoms with Gasteiger partial charge in [-0.2, -0.15) is 0 Å². The highest BCUT2D eigenvalue weighted by Crippen LogP contribution is 2.34. The molecule has 100 valence electrons. The van der Waals surface area contributed by atoms with Gasteiger partial charge in [-0.1, -0.05) is 24.4 Å². The number of benzene rings is 1.